The van der Waals surface area contributed by atoms with Crippen LogP contribution in [0.2, 0.25) is 0 Å². The number of aryl methyl sites for hydroxylation is 1. The monoisotopic (exact) mass is 383 g/mol. The predicted octanol–water partition coefficient (Wildman–Crippen LogP) is 3.02. The van der Waals surface area contributed by atoms with Crippen molar-refractivity contribution in [1.82, 2.24) is 0 Å². The van der Waals surface area contributed by atoms with Gasteiger partial charge in [0, 0.05) is 17.7 Å². The number of carbonyl (C=O) groups is 3. The van der Waals surface area contributed by atoms with E-state index in [-0.39, 0.29) is 23.9 Å². The molecule has 1 aliphatic rings. The maximum atomic E-state index is 12.4. The summed E-state index contributed by atoms with van der Waals surface area (Å²) in [7, 11) is 1.51. The Hall–Kier alpha value is -3.35. The minimum atomic E-state index is -0.623. The number of ether oxygens (including phenoxy) is 3. The van der Waals surface area contributed by atoms with Crippen molar-refractivity contribution in [3.63, 3.8) is 0 Å². The van der Waals surface area contributed by atoms with Gasteiger partial charge in [-0.2, -0.15) is 0 Å². The van der Waals surface area contributed by atoms with Crippen LogP contribution in [0.25, 0.3) is 0 Å². The molecule has 0 spiro atoms. The van der Waals surface area contributed by atoms with Crippen molar-refractivity contribution in [2.24, 2.45) is 0 Å². The smallest absolute Gasteiger partial charge is 0.338 e. The number of methoxy groups -OCH3 is 1. The van der Waals surface area contributed by atoms with E-state index in [4.69, 9.17) is 14.2 Å². The van der Waals surface area contributed by atoms with Crippen molar-refractivity contribution in [2.75, 3.05) is 25.6 Å². The second kappa shape index (κ2) is 8.56. The van der Waals surface area contributed by atoms with E-state index in [0.29, 0.717) is 42.2 Å². The normalized spacial score (nSPS) is 12.6. The number of hydrogen-bond acceptors (Lipinski definition) is 6. The lowest BCUT2D eigenvalue weighted by molar-refractivity contribution is -0.116. The van der Waals surface area contributed by atoms with E-state index in [1.807, 2.05) is 6.92 Å². The number of hydrogen-bond donors (Lipinski definition) is 1. The molecule has 1 N–H and O–H groups in total. The lowest BCUT2D eigenvalue weighted by Gasteiger charge is -2.17. The molecule has 2 aromatic rings. The molecule has 0 saturated heterocycles. The molecule has 3 rings (SSSR count). The molecule has 0 fully saturated rings. The first-order valence-corrected chi connectivity index (χ1v) is 8.95. The summed E-state index contributed by atoms with van der Waals surface area (Å²) < 4.78 is 15.8. The number of amides is 1. The van der Waals surface area contributed by atoms with Crippen molar-refractivity contribution in [1.29, 1.82) is 0 Å². The summed E-state index contributed by atoms with van der Waals surface area (Å²) >= 11 is 0. The van der Waals surface area contributed by atoms with Crippen LogP contribution in [-0.2, 0) is 16.0 Å². The van der Waals surface area contributed by atoms with Crippen LogP contribution in [0.5, 0.6) is 11.5 Å². The third-order valence-corrected chi connectivity index (χ3v) is 4.36. The summed E-state index contributed by atoms with van der Waals surface area (Å²) in [4.78, 5) is 36.1. The second-order valence-corrected chi connectivity index (χ2v) is 6.22. The molecule has 0 atom stereocenters. The maximum absolute atomic E-state index is 12.4. The van der Waals surface area contributed by atoms with Crippen LogP contribution in [-0.4, -0.2) is 38.0 Å². The van der Waals surface area contributed by atoms with Gasteiger partial charge in [0.1, 0.15) is 0 Å². The van der Waals surface area contributed by atoms with E-state index in [2.05, 4.69) is 5.32 Å². The number of fused-ring (bicyclic) bond motifs is 1. The van der Waals surface area contributed by atoms with E-state index >= 15 is 0 Å². The van der Waals surface area contributed by atoms with Crippen molar-refractivity contribution >= 4 is 23.3 Å². The summed E-state index contributed by atoms with van der Waals surface area (Å²) in [5, 5.41) is 2.76. The van der Waals surface area contributed by atoms with Gasteiger partial charge in [0.2, 0.25) is 5.91 Å². The van der Waals surface area contributed by atoms with Crippen molar-refractivity contribution < 1.29 is 28.6 Å². The lowest BCUT2D eigenvalue weighted by atomic mass is 9.99. The molecule has 0 unspecified atom stereocenters. The zero-order valence-corrected chi connectivity index (χ0v) is 15.7. The molecule has 146 valence electrons. The van der Waals surface area contributed by atoms with E-state index in [1.54, 1.807) is 30.3 Å². The molecular formula is C21H21NO6. The fraction of sp³-hybridized carbons (Fsp3) is 0.286. The zero-order chi connectivity index (χ0) is 20.1. The molecular weight excluding hydrogens is 362 g/mol. The fourth-order valence-electron chi connectivity index (χ4n) is 2.93. The first-order valence-electron chi connectivity index (χ1n) is 8.95. The average Bonchev–Trinajstić information content (AvgIpc) is 2.71. The number of anilines is 1. The van der Waals surface area contributed by atoms with Crippen LogP contribution in [0, 0.1) is 0 Å². The number of carbonyl (C=O) groups excluding carboxylic acids is 3. The number of Topliss-reactive ketones (excluding diaryl/α,β-unsaturated/α-hetero) is 1. The number of benzene rings is 2. The average molecular weight is 383 g/mol. The molecule has 0 saturated carbocycles. The first kappa shape index (κ1) is 19.4. The first-order chi connectivity index (χ1) is 13.5. The molecule has 2 aromatic carbocycles. The molecule has 0 bridgehead atoms. The molecule has 7 heteroatoms. The summed E-state index contributed by atoms with van der Waals surface area (Å²) in [6.07, 6.45) is 0.966. The third kappa shape index (κ3) is 4.31. The van der Waals surface area contributed by atoms with Crippen LogP contribution in [0.1, 0.15) is 39.6 Å². The molecule has 7 nitrogen and oxygen atoms in total. The van der Waals surface area contributed by atoms with Crippen molar-refractivity contribution in [3.05, 3.63) is 53.1 Å². The SMILES string of the molecule is CCOc1cc(C(=O)OCC(=O)c2ccc3c(c2)CCC(=O)N3)ccc1OC. The highest BCUT2D eigenvalue weighted by Crippen LogP contribution is 2.28. The Bertz CT molecular complexity index is 921. The molecule has 1 amide bonds. The van der Waals surface area contributed by atoms with E-state index < -0.39 is 5.97 Å². The number of ketones is 1. The van der Waals surface area contributed by atoms with E-state index in [0.717, 1.165) is 5.56 Å². The number of nitrogens with one attached hydrogen (secondary N) is 1. The minimum Gasteiger partial charge on any atom is -0.493 e. The molecule has 0 radical (unpaired) electrons. The molecule has 28 heavy (non-hydrogen) atoms. The van der Waals surface area contributed by atoms with Gasteiger partial charge in [0.15, 0.2) is 23.9 Å². The van der Waals surface area contributed by atoms with E-state index in [1.165, 1.54) is 13.2 Å². The predicted molar refractivity (Wildman–Crippen MR) is 102 cm³/mol. The third-order valence-electron chi connectivity index (χ3n) is 4.36. The Kier molecular flexibility index (Phi) is 5.93. The standard InChI is InChI=1S/C21H21NO6/c1-3-27-19-11-15(5-8-18(19)26-2)21(25)28-12-17(23)14-4-7-16-13(10-14)6-9-20(24)22-16/h4-5,7-8,10-11H,3,6,9,12H2,1-2H3,(H,22,24). The Balaban J connectivity index is 1.65. The van der Waals surface area contributed by atoms with Gasteiger partial charge in [-0.15, -0.1) is 0 Å². The largest absolute Gasteiger partial charge is 0.493 e. The molecule has 0 aliphatic carbocycles. The Labute approximate surface area is 162 Å². The van der Waals surface area contributed by atoms with Gasteiger partial charge in [-0.25, -0.2) is 4.79 Å². The van der Waals surface area contributed by atoms with Gasteiger partial charge in [-0.1, -0.05) is 0 Å². The lowest BCUT2D eigenvalue weighted by Crippen LogP contribution is -2.20. The van der Waals surface area contributed by atoms with Gasteiger partial charge in [0.05, 0.1) is 19.3 Å². The van der Waals surface area contributed by atoms with Gasteiger partial charge in [0.25, 0.3) is 0 Å². The van der Waals surface area contributed by atoms with E-state index in [9.17, 15) is 14.4 Å². The number of esters is 1. The van der Waals surface area contributed by atoms with Gasteiger partial charge >= 0.3 is 5.97 Å². The topological polar surface area (TPSA) is 90.9 Å². The second-order valence-electron chi connectivity index (χ2n) is 6.22. The number of rotatable bonds is 7. The van der Waals surface area contributed by atoms with Gasteiger partial charge < -0.3 is 19.5 Å². The summed E-state index contributed by atoms with van der Waals surface area (Å²) in [6.45, 7) is 1.87. The van der Waals surface area contributed by atoms with Crippen LogP contribution in [0.3, 0.4) is 0 Å². The highest BCUT2D eigenvalue weighted by Gasteiger charge is 2.18. The molecule has 0 aromatic heterocycles. The Morgan fingerprint density at radius 2 is 1.82 bits per heavy atom. The van der Waals surface area contributed by atoms with Crippen molar-refractivity contribution in [3.8, 4) is 11.5 Å². The summed E-state index contributed by atoms with van der Waals surface area (Å²) in [6, 6.07) is 9.72. The van der Waals surface area contributed by atoms with Crippen molar-refractivity contribution in [2.45, 2.75) is 19.8 Å². The highest BCUT2D eigenvalue weighted by molar-refractivity contribution is 6.01. The van der Waals surface area contributed by atoms with Gasteiger partial charge in [-0.05, 0) is 55.3 Å². The molecule has 1 heterocycles. The molecule has 1 aliphatic heterocycles. The Morgan fingerprint density at radius 1 is 1.04 bits per heavy atom. The van der Waals surface area contributed by atoms with Crippen LogP contribution < -0.4 is 14.8 Å². The Morgan fingerprint density at radius 3 is 2.57 bits per heavy atom. The zero-order valence-electron chi connectivity index (χ0n) is 15.7. The quantitative estimate of drug-likeness (QED) is 0.584. The van der Waals surface area contributed by atoms with Crippen LogP contribution in [0.4, 0.5) is 5.69 Å². The summed E-state index contributed by atoms with van der Waals surface area (Å²) in [5.41, 5.74) is 2.32. The highest BCUT2D eigenvalue weighted by atomic mass is 16.5. The van der Waals surface area contributed by atoms with Gasteiger partial charge in [-0.3, -0.25) is 9.59 Å². The fourth-order valence-corrected chi connectivity index (χ4v) is 2.93. The summed E-state index contributed by atoms with van der Waals surface area (Å²) in [5.74, 6) is -0.0293. The van der Waals surface area contributed by atoms with Crippen LogP contribution >= 0.6 is 0 Å². The maximum Gasteiger partial charge on any atom is 0.338 e. The minimum absolute atomic E-state index is 0.0357. The van der Waals surface area contributed by atoms with Crippen LogP contribution in [0.15, 0.2) is 36.4 Å².